The number of fused-ring (bicyclic) bond motifs is 2. The third-order valence-corrected chi connectivity index (χ3v) is 7.78. The van der Waals surface area contributed by atoms with Crippen molar-refractivity contribution in [2.24, 2.45) is 0 Å². The summed E-state index contributed by atoms with van der Waals surface area (Å²) in [5.74, 6) is -1.57. The summed E-state index contributed by atoms with van der Waals surface area (Å²) in [4.78, 5) is 14.4. The van der Waals surface area contributed by atoms with Crippen LogP contribution < -0.4 is 0 Å². The topological polar surface area (TPSA) is 77.8 Å². The second-order valence-electron chi connectivity index (χ2n) is 7.20. The normalized spacial score (nSPS) is 31.5. The predicted octanol–water partition coefficient (Wildman–Crippen LogP) is 3.30. The number of carbonyl (C=O) groups is 1. The summed E-state index contributed by atoms with van der Waals surface area (Å²) in [5, 5.41) is 32.8. The van der Waals surface area contributed by atoms with E-state index in [1.165, 1.54) is 42.5 Å². The summed E-state index contributed by atoms with van der Waals surface area (Å²) in [6.45, 7) is 0. The molecule has 4 atom stereocenters. The molecule has 152 valence electrons. The quantitative estimate of drug-likeness (QED) is 0.683. The van der Waals surface area contributed by atoms with E-state index in [2.05, 4.69) is 0 Å². The van der Waals surface area contributed by atoms with Gasteiger partial charge in [0.25, 0.3) is 0 Å². The van der Waals surface area contributed by atoms with Crippen LogP contribution in [0.1, 0.15) is 12.8 Å². The molecule has 0 aliphatic heterocycles. The van der Waals surface area contributed by atoms with Crippen LogP contribution in [0.4, 0.5) is 8.78 Å². The number of aliphatic hydroxyl groups excluding tert-OH is 2. The molecule has 1 fully saturated rings. The zero-order valence-electron chi connectivity index (χ0n) is 15.1. The van der Waals surface area contributed by atoms with Crippen molar-refractivity contribution in [3.63, 3.8) is 0 Å². The van der Waals surface area contributed by atoms with E-state index in [-0.39, 0.29) is 17.7 Å². The second kappa shape index (κ2) is 7.52. The summed E-state index contributed by atoms with van der Waals surface area (Å²) in [7, 11) is 0. The van der Waals surface area contributed by atoms with Crippen molar-refractivity contribution in [1.29, 1.82) is 0 Å². The van der Waals surface area contributed by atoms with Gasteiger partial charge in [0.15, 0.2) is 5.78 Å². The number of hydrogen-bond donors (Lipinski definition) is 3. The van der Waals surface area contributed by atoms with Crippen molar-refractivity contribution in [1.82, 2.24) is 0 Å². The molecule has 0 saturated heterocycles. The van der Waals surface area contributed by atoms with Gasteiger partial charge in [-0.1, -0.05) is 23.9 Å². The number of ketones is 1. The van der Waals surface area contributed by atoms with Gasteiger partial charge in [-0.25, -0.2) is 8.78 Å². The Labute approximate surface area is 174 Å². The first-order valence-electron chi connectivity index (χ1n) is 8.99. The first-order chi connectivity index (χ1) is 13.7. The fourth-order valence-corrected chi connectivity index (χ4v) is 6.45. The third kappa shape index (κ3) is 3.53. The Hall–Kier alpha value is -1.71. The number of thioether (sulfide) groups is 2. The van der Waals surface area contributed by atoms with Gasteiger partial charge < -0.3 is 15.3 Å². The third-order valence-electron chi connectivity index (χ3n) is 5.26. The molecule has 3 N–H and O–H groups in total. The average molecular weight is 437 g/mol. The van der Waals surface area contributed by atoms with Gasteiger partial charge in [-0.2, -0.15) is 0 Å². The summed E-state index contributed by atoms with van der Waals surface area (Å²) < 4.78 is 25.4. The zero-order chi connectivity index (χ0) is 20.8. The molecule has 8 heteroatoms. The van der Waals surface area contributed by atoms with E-state index in [0.717, 1.165) is 23.5 Å². The molecule has 0 unspecified atom stereocenters. The molecule has 0 spiro atoms. The summed E-state index contributed by atoms with van der Waals surface area (Å²) in [6.07, 6.45) is -1.39. The van der Waals surface area contributed by atoms with Gasteiger partial charge in [-0.15, -0.1) is 11.8 Å². The Kier molecular flexibility index (Phi) is 5.33. The van der Waals surface area contributed by atoms with Crippen LogP contribution in [-0.2, 0) is 4.79 Å². The van der Waals surface area contributed by atoms with E-state index >= 15 is 0 Å². The number of benzene rings is 2. The van der Waals surface area contributed by atoms with Crippen molar-refractivity contribution in [3.05, 3.63) is 71.1 Å². The molecule has 0 radical (unpaired) electrons. The van der Waals surface area contributed by atoms with Crippen LogP contribution in [0.3, 0.4) is 0 Å². The molecule has 4 nitrogen and oxygen atoms in total. The van der Waals surface area contributed by atoms with Crippen molar-refractivity contribution in [2.75, 3.05) is 0 Å². The van der Waals surface area contributed by atoms with E-state index in [1.54, 1.807) is 12.1 Å². The van der Waals surface area contributed by atoms with Gasteiger partial charge in [-0.05, 0) is 55.3 Å². The van der Waals surface area contributed by atoms with E-state index < -0.39 is 40.0 Å². The van der Waals surface area contributed by atoms with E-state index in [0.29, 0.717) is 9.79 Å². The van der Waals surface area contributed by atoms with Gasteiger partial charge in [0, 0.05) is 9.79 Å². The number of Topliss-reactive ketones (excluding diaryl/α,β-unsaturated/α-hetero) is 1. The minimum atomic E-state index is -1.80. The smallest absolute Gasteiger partial charge is 0.191 e. The Balaban J connectivity index is 1.78. The zero-order valence-corrected chi connectivity index (χ0v) is 16.7. The summed E-state index contributed by atoms with van der Waals surface area (Å²) in [5.41, 5.74) is -1.73. The maximum absolute atomic E-state index is 13.7. The molecule has 0 heterocycles. The monoisotopic (exact) mass is 436 g/mol. The Morgan fingerprint density at radius 2 is 1.62 bits per heavy atom. The van der Waals surface area contributed by atoms with Crippen LogP contribution in [0.25, 0.3) is 0 Å². The van der Waals surface area contributed by atoms with Gasteiger partial charge >= 0.3 is 0 Å². The van der Waals surface area contributed by atoms with Crippen molar-refractivity contribution in [3.8, 4) is 0 Å². The highest BCUT2D eigenvalue weighted by Gasteiger charge is 2.64. The summed E-state index contributed by atoms with van der Waals surface area (Å²) >= 11 is 1.80. The Morgan fingerprint density at radius 3 is 2.28 bits per heavy atom. The molecule has 2 aliphatic carbocycles. The number of carbonyl (C=O) groups excluding carboxylic acids is 1. The van der Waals surface area contributed by atoms with Crippen LogP contribution >= 0.6 is 23.5 Å². The van der Waals surface area contributed by atoms with E-state index in [9.17, 15) is 28.9 Å². The number of hydrogen-bond acceptors (Lipinski definition) is 6. The lowest BCUT2D eigenvalue weighted by atomic mass is 9.67. The lowest BCUT2D eigenvalue weighted by Crippen LogP contribution is -2.69. The maximum Gasteiger partial charge on any atom is 0.191 e. The van der Waals surface area contributed by atoms with Gasteiger partial charge in [0.2, 0.25) is 0 Å². The van der Waals surface area contributed by atoms with Crippen LogP contribution in [0.2, 0.25) is 0 Å². The highest BCUT2D eigenvalue weighted by atomic mass is 32.2. The van der Waals surface area contributed by atoms with Crippen molar-refractivity contribution in [2.45, 2.75) is 45.2 Å². The first kappa shape index (κ1) is 20.6. The molecule has 2 bridgehead atoms. The van der Waals surface area contributed by atoms with Crippen molar-refractivity contribution < 1.29 is 28.9 Å². The molecular formula is C21H18F2O4S2. The number of rotatable bonds is 4. The largest absolute Gasteiger partial charge is 0.391 e. The SMILES string of the molecule is O=C1C(Sc2cccc(F)c2)=C[C@@]2(O)CC[C@@H](O)[C@]1(Sc1cccc(F)c1)[C@H]2O. The number of halogens is 2. The fraction of sp³-hybridized carbons (Fsp3) is 0.286. The molecule has 0 aromatic heterocycles. The maximum atomic E-state index is 13.7. The molecule has 4 rings (SSSR count). The highest BCUT2D eigenvalue weighted by molar-refractivity contribution is 8.05. The molecular weight excluding hydrogens is 418 g/mol. The van der Waals surface area contributed by atoms with Gasteiger partial charge in [-0.3, -0.25) is 4.79 Å². The van der Waals surface area contributed by atoms with Crippen LogP contribution in [0, 0.1) is 11.6 Å². The van der Waals surface area contributed by atoms with E-state index in [4.69, 9.17) is 0 Å². The first-order valence-corrected chi connectivity index (χ1v) is 10.6. The molecule has 2 aromatic rings. The number of aliphatic hydroxyl groups is 3. The highest BCUT2D eigenvalue weighted by Crippen LogP contribution is 2.54. The van der Waals surface area contributed by atoms with Crippen LogP contribution in [-0.4, -0.2) is 43.7 Å². The molecule has 2 aromatic carbocycles. The summed E-state index contributed by atoms with van der Waals surface area (Å²) in [6, 6.07) is 11.1. The lowest BCUT2D eigenvalue weighted by Gasteiger charge is -2.52. The molecule has 0 amide bonds. The molecule has 2 aliphatic rings. The Bertz CT molecular complexity index is 998. The number of allylic oxidation sites excluding steroid dienone is 1. The molecule has 29 heavy (non-hydrogen) atoms. The average Bonchev–Trinajstić information content (AvgIpc) is 2.67. The lowest BCUT2D eigenvalue weighted by molar-refractivity contribution is -0.149. The minimum absolute atomic E-state index is 0.0568. The second-order valence-corrected chi connectivity index (χ2v) is 9.66. The molecule has 1 saturated carbocycles. The Morgan fingerprint density at radius 1 is 1.00 bits per heavy atom. The van der Waals surface area contributed by atoms with E-state index in [1.807, 2.05) is 0 Å². The standard InChI is InChI=1S/C21H18F2O4S2/c22-12-3-1-5-14(9-12)28-16-11-20(27)8-7-17(24)21(18(16)25,19(20)26)29-15-6-2-4-13(23)10-15/h1-6,9-11,17,19,24,26-27H,7-8H2/t17-,19+,20+,21-/m1/s1. The van der Waals surface area contributed by atoms with Crippen LogP contribution in [0.15, 0.2) is 69.3 Å². The fourth-order valence-electron chi connectivity index (χ4n) is 3.81. The predicted molar refractivity (Wildman–Crippen MR) is 107 cm³/mol. The van der Waals surface area contributed by atoms with Crippen LogP contribution in [0.5, 0.6) is 0 Å². The van der Waals surface area contributed by atoms with Crippen molar-refractivity contribution >= 4 is 29.3 Å². The minimum Gasteiger partial charge on any atom is -0.391 e. The van der Waals surface area contributed by atoms with Gasteiger partial charge in [0.05, 0.1) is 11.0 Å². The van der Waals surface area contributed by atoms with Gasteiger partial charge in [0.1, 0.15) is 28.1 Å².